The van der Waals surface area contributed by atoms with Crippen molar-refractivity contribution in [3.8, 4) is 0 Å². The van der Waals surface area contributed by atoms with E-state index in [-0.39, 0.29) is 6.61 Å². The summed E-state index contributed by atoms with van der Waals surface area (Å²) in [4.78, 5) is 24.9. The normalized spacial score (nSPS) is 32.2. The Hall–Kier alpha value is -1.77. The van der Waals surface area contributed by atoms with Crippen LogP contribution in [-0.2, 0) is 9.47 Å². The molecule has 0 spiro atoms. The molecule has 1 aliphatic heterocycles. The van der Waals surface area contributed by atoms with Crippen molar-refractivity contribution in [3.63, 3.8) is 0 Å². The molecule has 1 aliphatic rings. The van der Waals surface area contributed by atoms with Crippen LogP contribution in [0.4, 0.5) is 4.39 Å². The lowest BCUT2D eigenvalue weighted by Gasteiger charge is -2.27. The largest absolute Gasteiger partial charge is 0.394 e. The van der Waals surface area contributed by atoms with Crippen LogP contribution in [0.25, 0.3) is 0 Å². The highest BCUT2D eigenvalue weighted by Crippen LogP contribution is 2.42. The first-order chi connectivity index (χ1) is 9.91. The maximum absolute atomic E-state index is 15.0. The number of nitrogens with one attached hydrogen (secondary N) is 1. The van der Waals surface area contributed by atoms with Crippen LogP contribution < -0.4 is 11.2 Å². The topological polar surface area (TPSA) is 93.5 Å². The predicted molar refractivity (Wildman–Crippen MR) is 71.8 cm³/mol. The zero-order chi connectivity index (χ0) is 15.6. The Bertz CT molecular complexity index is 623. The Morgan fingerprint density at radius 2 is 2.38 bits per heavy atom. The number of nitrogens with zero attached hydrogens (tertiary/aromatic N) is 1. The summed E-state index contributed by atoms with van der Waals surface area (Å²) in [5.41, 5.74) is -3.45. The molecule has 0 saturated carbocycles. The van der Waals surface area contributed by atoms with Gasteiger partial charge in [0.15, 0.2) is 11.9 Å². The number of aliphatic hydroxyl groups excluding tert-OH is 1. The highest BCUT2D eigenvalue weighted by molar-refractivity contribution is 5.02. The number of hydrogen-bond acceptors (Lipinski definition) is 5. The molecule has 2 unspecified atom stereocenters. The van der Waals surface area contributed by atoms with Gasteiger partial charge in [0.1, 0.15) is 12.2 Å². The molecule has 2 N–H and O–H groups in total. The van der Waals surface area contributed by atoms with Crippen molar-refractivity contribution in [1.29, 1.82) is 0 Å². The summed E-state index contributed by atoms with van der Waals surface area (Å²) in [5.74, 6) is 0. The minimum absolute atomic E-state index is 0.0806. The Kier molecular flexibility index (Phi) is 4.40. The van der Waals surface area contributed by atoms with E-state index >= 15 is 4.39 Å². The van der Waals surface area contributed by atoms with E-state index in [2.05, 4.69) is 6.58 Å². The number of alkyl halides is 1. The Morgan fingerprint density at radius 1 is 1.67 bits per heavy atom. The third kappa shape index (κ3) is 2.82. The molecular formula is C13H17FN2O5. The number of rotatable bonds is 5. The van der Waals surface area contributed by atoms with Gasteiger partial charge < -0.3 is 14.6 Å². The van der Waals surface area contributed by atoms with E-state index in [9.17, 15) is 14.7 Å². The smallest absolute Gasteiger partial charge is 0.330 e. The summed E-state index contributed by atoms with van der Waals surface area (Å²) in [6.45, 7) is 4.31. The molecule has 2 heterocycles. The van der Waals surface area contributed by atoms with Crippen LogP contribution in [0.15, 0.2) is 34.5 Å². The van der Waals surface area contributed by atoms with Gasteiger partial charge in [-0.15, -0.1) is 6.58 Å². The minimum Gasteiger partial charge on any atom is -0.394 e. The number of aliphatic hydroxyl groups is 1. The first kappa shape index (κ1) is 15.6. The van der Waals surface area contributed by atoms with Crippen LogP contribution in [0.1, 0.15) is 13.2 Å². The SMILES string of the molecule is C=CCOC1C(CO)O[C@@H](n2ccc(=O)[nH]c2=O)[C@]1(C)F. The summed E-state index contributed by atoms with van der Waals surface area (Å²) < 4.78 is 26.7. The van der Waals surface area contributed by atoms with Crippen molar-refractivity contribution < 1.29 is 19.0 Å². The van der Waals surface area contributed by atoms with Gasteiger partial charge >= 0.3 is 5.69 Å². The number of ether oxygens (including phenoxy) is 2. The molecule has 0 aromatic carbocycles. The van der Waals surface area contributed by atoms with Crippen LogP contribution in [0.2, 0.25) is 0 Å². The molecule has 0 aliphatic carbocycles. The van der Waals surface area contributed by atoms with Crippen LogP contribution in [-0.4, -0.2) is 45.7 Å². The molecule has 7 nitrogen and oxygen atoms in total. The Balaban J connectivity index is 2.38. The van der Waals surface area contributed by atoms with Crippen LogP contribution in [0.5, 0.6) is 0 Å². The number of hydrogen-bond donors (Lipinski definition) is 2. The van der Waals surface area contributed by atoms with Gasteiger partial charge in [0.05, 0.1) is 13.2 Å². The molecule has 116 valence electrons. The second kappa shape index (κ2) is 5.92. The fraction of sp³-hybridized carbons (Fsp3) is 0.538. The lowest BCUT2D eigenvalue weighted by atomic mass is 9.98. The standard InChI is InChI=1S/C13H17FN2O5/c1-3-6-20-10-8(7-17)21-11(13(10,2)14)16-5-4-9(18)15-12(16)19/h3-5,8,10-11,17H,1,6-7H2,2H3,(H,15,18,19)/t8?,10?,11-,13-/m1/s1. The van der Waals surface area contributed by atoms with E-state index in [1.807, 2.05) is 4.98 Å². The first-order valence-electron chi connectivity index (χ1n) is 6.41. The summed E-state index contributed by atoms with van der Waals surface area (Å²) >= 11 is 0. The van der Waals surface area contributed by atoms with Crippen molar-refractivity contribution >= 4 is 0 Å². The molecule has 8 heteroatoms. The number of halogens is 1. The lowest BCUT2D eigenvalue weighted by molar-refractivity contribution is -0.0614. The van der Waals surface area contributed by atoms with Crippen molar-refractivity contribution in [2.45, 2.75) is 31.0 Å². The highest BCUT2D eigenvalue weighted by Gasteiger charge is 2.56. The van der Waals surface area contributed by atoms with E-state index in [4.69, 9.17) is 9.47 Å². The van der Waals surface area contributed by atoms with E-state index in [1.54, 1.807) is 0 Å². The van der Waals surface area contributed by atoms with Crippen LogP contribution in [0.3, 0.4) is 0 Å². The van der Waals surface area contributed by atoms with Crippen LogP contribution in [0, 0.1) is 0 Å². The molecule has 0 radical (unpaired) electrons. The molecule has 1 aromatic heterocycles. The third-order valence-corrected chi connectivity index (χ3v) is 3.36. The van der Waals surface area contributed by atoms with Gasteiger partial charge in [-0.2, -0.15) is 0 Å². The summed E-state index contributed by atoms with van der Waals surface area (Å²) in [7, 11) is 0. The molecule has 1 saturated heterocycles. The van der Waals surface area contributed by atoms with Crippen molar-refractivity contribution in [2.75, 3.05) is 13.2 Å². The second-order valence-corrected chi connectivity index (χ2v) is 4.92. The average Bonchev–Trinajstić information content (AvgIpc) is 2.67. The Labute approximate surface area is 119 Å². The number of aromatic nitrogens is 2. The van der Waals surface area contributed by atoms with Crippen molar-refractivity contribution in [2.24, 2.45) is 0 Å². The molecular weight excluding hydrogens is 283 g/mol. The fourth-order valence-electron chi connectivity index (χ4n) is 2.40. The minimum atomic E-state index is -2.07. The van der Waals surface area contributed by atoms with Gasteiger partial charge in [0.25, 0.3) is 5.56 Å². The summed E-state index contributed by atoms with van der Waals surface area (Å²) in [6.07, 6.45) is -0.709. The number of H-pyrrole nitrogens is 1. The maximum atomic E-state index is 15.0. The molecule has 2 rings (SSSR count). The zero-order valence-electron chi connectivity index (χ0n) is 11.5. The fourth-order valence-corrected chi connectivity index (χ4v) is 2.40. The van der Waals surface area contributed by atoms with Gasteiger partial charge in [-0.3, -0.25) is 14.3 Å². The zero-order valence-corrected chi connectivity index (χ0v) is 11.5. The molecule has 21 heavy (non-hydrogen) atoms. The van der Waals surface area contributed by atoms with Gasteiger partial charge in [-0.25, -0.2) is 9.18 Å². The second-order valence-electron chi connectivity index (χ2n) is 4.92. The molecule has 1 fully saturated rings. The lowest BCUT2D eigenvalue weighted by Crippen LogP contribution is -2.45. The van der Waals surface area contributed by atoms with E-state index in [0.717, 1.165) is 16.8 Å². The quantitative estimate of drug-likeness (QED) is 0.730. The van der Waals surface area contributed by atoms with E-state index < -0.39 is 42.0 Å². The first-order valence-corrected chi connectivity index (χ1v) is 6.41. The average molecular weight is 300 g/mol. The predicted octanol–water partition coefficient (Wildman–Crippen LogP) is -0.274. The van der Waals surface area contributed by atoms with Crippen molar-refractivity contribution in [1.82, 2.24) is 9.55 Å². The monoisotopic (exact) mass is 300 g/mol. The maximum Gasteiger partial charge on any atom is 0.330 e. The van der Waals surface area contributed by atoms with Crippen LogP contribution >= 0.6 is 0 Å². The third-order valence-electron chi connectivity index (χ3n) is 3.36. The van der Waals surface area contributed by atoms with Gasteiger partial charge in [0, 0.05) is 12.3 Å². The van der Waals surface area contributed by atoms with E-state index in [1.165, 1.54) is 13.0 Å². The Morgan fingerprint density at radius 3 is 2.95 bits per heavy atom. The highest BCUT2D eigenvalue weighted by atomic mass is 19.1. The van der Waals surface area contributed by atoms with Crippen molar-refractivity contribution in [3.05, 3.63) is 45.8 Å². The molecule has 0 bridgehead atoms. The summed E-state index contributed by atoms with van der Waals surface area (Å²) in [6, 6.07) is 1.09. The number of aromatic amines is 1. The van der Waals surface area contributed by atoms with Gasteiger partial charge in [-0.05, 0) is 6.92 Å². The van der Waals surface area contributed by atoms with Gasteiger partial charge in [-0.1, -0.05) is 6.08 Å². The molecule has 4 atom stereocenters. The summed E-state index contributed by atoms with van der Waals surface area (Å²) in [5, 5.41) is 9.30. The molecule has 1 aromatic rings. The van der Waals surface area contributed by atoms with Gasteiger partial charge in [0.2, 0.25) is 0 Å². The van der Waals surface area contributed by atoms with E-state index in [0.29, 0.717) is 0 Å². The molecule has 0 amide bonds.